The summed E-state index contributed by atoms with van der Waals surface area (Å²) in [5.74, 6) is 0.186. The van der Waals surface area contributed by atoms with Gasteiger partial charge in [-0.25, -0.2) is 4.98 Å². The Morgan fingerprint density at radius 3 is 2.48 bits per heavy atom. The van der Waals surface area contributed by atoms with Gasteiger partial charge in [0.15, 0.2) is 0 Å². The molecule has 0 saturated carbocycles. The van der Waals surface area contributed by atoms with E-state index in [0.29, 0.717) is 21.3 Å². The number of rotatable bonds is 2. The molecule has 0 aliphatic carbocycles. The predicted octanol–water partition coefficient (Wildman–Crippen LogP) is 5.79. The molecule has 0 spiro atoms. The molecule has 124 valence electrons. The number of nitrogens with two attached hydrogens (primary N) is 1. The minimum Gasteiger partial charge on any atom is -0.383 e. The molecule has 0 saturated heterocycles. The molecule has 0 aliphatic rings. The lowest BCUT2D eigenvalue weighted by molar-refractivity contribution is 1.26. The highest BCUT2D eigenvalue weighted by molar-refractivity contribution is 6.36. The number of nitrogen functional groups attached to an aromatic ring is 1. The third kappa shape index (κ3) is 3.19. The zero-order valence-corrected chi connectivity index (χ0v) is 15.3. The maximum Gasteiger partial charge on any atom is 0.142 e. The molecule has 0 amide bonds. The molecule has 1 aromatic heterocycles. The number of halogens is 2. The number of aromatic nitrogens is 1. The second-order valence-electron chi connectivity index (χ2n) is 5.83. The van der Waals surface area contributed by atoms with E-state index in [1.165, 1.54) is 0 Å². The van der Waals surface area contributed by atoms with Crippen molar-refractivity contribution < 1.29 is 0 Å². The van der Waals surface area contributed by atoms with Gasteiger partial charge in [0.05, 0.1) is 10.7 Å². The molecule has 0 unspecified atom stereocenters. The van der Waals surface area contributed by atoms with Gasteiger partial charge in [0.25, 0.3) is 0 Å². The molecule has 0 atom stereocenters. The van der Waals surface area contributed by atoms with Gasteiger partial charge in [0.1, 0.15) is 17.5 Å². The van der Waals surface area contributed by atoms with Crippen LogP contribution >= 0.6 is 23.2 Å². The van der Waals surface area contributed by atoms with Crippen molar-refractivity contribution in [2.45, 2.75) is 13.8 Å². The highest BCUT2D eigenvalue weighted by Gasteiger charge is 2.19. The lowest BCUT2D eigenvalue weighted by atomic mass is 9.92. The van der Waals surface area contributed by atoms with Crippen LogP contribution in [0.2, 0.25) is 10.0 Å². The van der Waals surface area contributed by atoms with Crippen LogP contribution in [0, 0.1) is 25.2 Å². The van der Waals surface area contributed by atoms with Crippen LogP contribution in [-0.2, 0) is 0 Å². The quantitative estimate of drug-likeness (QED) is 0.622. The van der Waals surface area contributed by atoms with Crippen LogP contribution in [0.5, 0.6) is 0 Å². The van der Waals surface area contributed by atoms with Crippen molar-refractivity contribution in [1.29, 1.82) is 5.26 Å². The minimum atomic E-state index is 0.186. The molecule has 1 heterocycles. The van der Waals surface area contributed by atoms with Crippen LogP contribution in [-0.4, -0.2) is 4.98 Å². The molecule has 0 aliphatic heterocycles. The SMILES string of the molecule is Cc1cccc(-c2c(C)c(-c3ccc(Cl)cc3Cl)nc(N)c2C#N)c1. The monoisotopic (exact) mass is 367 g/mol. The summed E-state index contributed by atoms with van der Waals surface area (Å²) in [5, 5.41) is 10.6. The molecule has 2 N–H and O–H groups in total. The third-order valence-electron chi connectivity index (χ3n) is 4.07. The summed E-state index contributed by atoms with van der Waals surface area (Å²) in [6, 6.07) is 15.4. The molecule has 0 radical (unpaired) electrons. The van der Waals surface area contributed by atoms with Gasteiger partial charge in [-0.3, -0.25) is 0 Å². The van der Waals surface area contributed by atoms with E-state index >= 15 is 0 Å². The normalized spacial score (nSPS) is 10.5. The molecule has 3 nitrogen and oxygen atoms in total. The summed E-state index contributed by atoms with van der Waals surface area (Å²) in [4.78, 5) is 4.44. The van der Waals surface area contributed by atoms with Gasteiger partial charge < -0.3 is 5.73 Å². The number of hydrogen-bond donors (Lipinski definition) is 1. The van der Waals surface area contributed by atoms with E-state index in [0.717, 1.165) is 27.8 Å². The number of nitriles is 1. The Labute approximate surface area is 156 Å². The highest BCUT2D eigenvalue weighted by Crippen LogP contribution is 2.38. The van der Waals surface area contributed by atoms with Gasteiger partial charge in [0.2, 0.25) is 0 Å². The van der Waals surface area contributed by atoms with Crippen LogP contribution < -0.4 is 5.73 Å². The van der Waals surface area contributed by atoms with Crippen LogP contribution in [0.25, 0.3) is 22.4 Å². The van der Waals surface area contributed by atoms with Crippen molar-refractivity contribution in [2.24, 2.45) is 0 Å². The molecule has 25 heavy (non-hydrogen) atoms. The molecular weight excluding hydrogens is 353 g/mol. The first kappa shape index (κ1) is 17.3. The molecule has 2 aromatic carbocycles. The fraction of sp³-hybridized carbons (Fsp3) is 0.100. The van der Waals surface area contributed by atoms with E-state index in [4.69, 9.17) is 28.9 Å². The number of anilines is 1. The molecule has 3 aromatic rings. The number of nitrogens with zero attached hydrogens (tertiary/aromatic N) is 2. The van der Waals surface area contributed by atoms with Gasteiger partial charge >= 0.3 is 0 Å². The average Bonchev–Trinajstić information content (AvgIpc) is 2.56. The predicted molar refractivity (Wildman–Crippen MR) is 104 cm³/mol. The van der Waals surface area contributed by atoms with Crippen molar-refractivity contribution in [3.8, 4) is 28.5 Å². The molecule has 5 heteroatoms. The van der Waals surface area contributed by atoms with Crippen molar-refractivity contribution in [1.82, 2.24) is 4.98 Å². The van der Waals surface area contributed by atoms with Crippen LogP contribution in [0.15, 0.2) is 42.5 Å². The second kappa shape index (κ2) is 6.76. The largest absolute Gasteiger partial charge is 0.383 e. The molecule has 0 fully saturated rings. The van der Waals surface area contributed by atoms with E-state index in [1.54, 1.807) is 12.1 Å². The Morgan fingerprint density at radius 1 is 1.08 bits per heavy atom. The number of hydrogen-bond acceptors (Lipinski definition) is 3. The molecular formula is C20H15Cl2N3. The summed E-state index contributed by atoms with van der Waals surface area (Å²) in [6.45, 7) is 3.93. The first-order valence-corrected chi connectivity index (χ1v) is 8.40. The van der Waals surface area contributed by atoms with E-state index in [9.17, 15) is 5.26 Å². The van der Waals surface area contributed by atoms with Crippen molar-refractivity contribution in [3.63, 3.8) is 0 Å². The zero-order valence-electron chi connectivity index (χ0n) is 13.8. The van der Waals surface area contributed by atoms with Crippen molar-refractivity contribution >= 4 is 29.0 Å². The average molecular weight is 368 g/mol. The topological polar surface area (TPSA) is 62.7 Å². The Bertz CT molecular complexity index is 1020. The van der Waals surface area contributed by atoms with E-state index in [2.05, 4.69) is 11.1 Å². The lowest BCUT2D eigenvalue weighted by Gasteiger charge is -2.16. The highest BCUT2D eigenvalue weighted by atomic mass is 35.5. The van der Waals surface area contributed by atoms with Crippen LogP contribution in [0.3, 0.4) is 0 Å². The van der Waals surface area contributed by atoms with Crippen LogP contribution in [0.4, 0.5) is 5.82 Å². The maximum absolute atomic E-state index is 9.59. The van der Waals surface area contributed by atoms with Crippen molar-refractivity contribution in [2.75, 3.05) is 5.73 Å². The summed E-state index contributed by atoms with van der Waals surface area (Å²) in [6.07, 6.45) is 0. The first-order chi connectivity index (χ1) is 11.9. The zero-order chi connectivity index (χ0) is 18.1. The standard InChI is InChI=1S/C20H15Cl2N3/c1-11-4-3-5-13(8-11)18-12(2)19(25-20(24)16(18)10-23)15-7-6-14(21)9-17(15)22/h3-9H,1-2H3,(H2,24,25). The van der Waals surface area contributed by atoms with Gasteiger partial charge in [-0.1, -0.05) is 53.0 Å². The Hall–Kier alpha value is -2.54. The molecule has 3 rings (SSSR count). The minimum absolute atomic E-state index is 0.186. The summed E-state index contributed by atoms with van der Waals surface area (Å²) < 4.78 is 0. The number of aryl methyl sites for hydroxylation is 1. The van der Waals surface area contributed by atoms with E-state index in [-0.39, 0.29) is 5.82 Å². The van der Waals surface area contributed by atoms with Gasteiger partial charge in [-0.05, 0) is 43.2 Å². The van der Waals surface area contributed by atoms with Gasteiger partial charge in [-0.15, -0.1) is 0 Å². The number of pyridine rings is 1. The second-order valence-corrected chi connectivity index (χ2v) is 6.67. The Morgan fingerprint density at radius 2 is 1.84 bits per heavy atom. The fourth-order valence-corrected chi connectivity index (χ4v) is 3.41. The summed E-state index contributed by atoms with van der Waals surface area (Å²) >= 11 is 12.4. The van der Waals surface area contributed by atoms with Gasteiger partial charge in [0, 0.05) is 16.1 Å². The van der Waals surface area contributed by atoms with Crippen molar-refractivity contribution in [3.05, 3.63) is 69.2 Å². The lowest BCUT2D eigenvalue weighted by Crippen LogP contribution is -2.03. The maximum atomic E-state index is 9.59. The summed E-state index contributed by atoms with van der Waals surface area (Å²) in [7, 11) is 0. The first-order valence-electron chi connectivity index (χ1n) is 7.65. The van der Waals surface area contributed by atoms with E-state index < -0.39 is 0 Å². The van der Waals surface area contributed by atoms with Gasteiger partial charge in [-0.2, -0.15) is 5.26 Å². The number of benzene rings is 2. The molecule has 0 bridgehead atoms. The third-order valence-corrected chi connectivity index (χ3v) is 4.62. The fourth-order valence-electron chi connectivity index (χ4n) is 2.91. The van der Waals surface area contributed by atoms with E-state index in [1.807, 2.05) is 44.2 Å². The Balaban J connectivity index is 2.35. The van der Waals surface area contributed by atoms with Crippen LogP contribution in [0.1, 0.15) is 16.7 Å². The smallest absolute Gasteiger partial charge is 0.142 e. The Kier molecular flexibility index (Phi) is 4.67. The summed E-state index contributed by atoms with van der Waals surface area (Å²) in [5.41, 5.74) is 11.5.